The van der Waals surface area contributed by atoms with Crippen molar-refractivity contribution in [3.63, 3.8) is 0 Å². The summed E-state index contributed by atoms with van der Waals surface area (Å²) in [4.78, 5) is 0. The highest BCUT2D eigenvalue weighted by molar-refractivity contribution is 6.16. The highest BCUT2D eigenvalue weighted by Crippen LogP contribution is 2.49. The number of hydrogen-bond donors (Lipinski definition) is 0. The molecule has 1 aromatic rings. The molecule has 1 aliphatic rings. The highest BCUT2D eigenvalue weighted by Gasteiger charge is 2.40. The third-order valence-corrected chi connectivity index (χ3v) is 3.80. The molecule has 1 aromatic heterocycles. The molecule has 0 spiro atoms. The lowest BCUT2D eigenvalue weighted by molar-refractivity contribution is 0.0655. The molecule has 0 unspecified atom stereocenters. The minimum Gasteiger partial charge on any atom is -0.225 e. The lowest BCUT2D eigenvalue weighted by atomic mass is 9.63. The Morgan fingerprint density at radius 2 is 1.82 bits per heavy atom. The quantitative estimate of drug-likeness (QED) is 0.764. The molecule has 0 bridgehead atoms. The predicted octanol–water partition coefficient (Wildman–Crippen LogP) is 3.19. The third-order valence-electron chi connectivity index (χ3n) is 3.56. The van der Waals surface area contributed by atoms with Crippen molar-refractivity contribution in [2.45, 2.75) is 58.9 Å². The number of rotatable bonds is 2. The second-order valence-electron chi connectivity index (χ2n) is 6.74. The molecule has 0 radical (unpaired) electrons. The van der Waals surface area contributed by atoms with Crippen molar-refractivity contribution in [2.75, 3.05) is 0 Å². The number of aromatic nitrogens is 4. The molecule has 0 aromatic carbocycles. The number of hydrogen-bond acceptors (Lipinski definition) is 3. The van der Waals surface area contributed by atoms with E-state index in [1.807, 2.05) is 4.68 Å². The molecule has 1 heterocycles. The van der Waals surface area contributed by atoms with Gasteiger partial charge in [-0.3, -0.25) is 0 Å². The molecule has 17 heavy (non-hydrogen) atoms. The summed E-state index contributed by atoms with van der Waals surface area (Å²) in [6.07, 6.45) is 3.48. The van der Waals surface area contributed by atoms with Crippen LogP contribution < -0.4 is 0 Å². The van der Waals surface area contributed by atoms with Gasteiger partial charge in [-0.15, -0.1) is 16.7 Å². The fraction of sp³-hybridized carbons (Fsp3) is 0.917. The molecule has 0 amide bonds. The highest BCUT2D eigenvalue weighted by atomic mass is 35.5. The summed E-state index contributed by atoms with van der Waals surface area (Å²) in [5.41, 5.74) is 0.671. The molecule has 0 saturated heterocycles. The van der Waals surface area contributed by atoms with E-state index in [9.17, 15) is 0 Å². The Balaban J connectivity index is 2.27. The molecule has 1 aliphatic carbocycles. The van der Waals surface area contributed by atoms with Crippen LogP contribution in [-0.2, 0) is 5.88 Å². The summed E-state index contributed by atoms with van der Waals surface area (Å²) in [6, 6.07) is 0.373. The maximum absolute atomic E-state index is 5.87. The van der Waals surface area contributed by atoms with Crippen LogP contribution >= 0.6 is 11.6 Å². The van der Waals surface area contributed by atoms with Crippen LogP contribution in [0.4, 0.5) is 0 Å². The fourth-order valence-electron chi connectivity index (χ4n) is 3.54. The average molecular weight is 257 g/mol. The van der Waals surface area contributed by atoms with Crippen molar-refractivity contribution in [1.29, 1.82) is 0 Å². The molecule has 0 aliphatic heterocycles. The second-order valence-corrected chi connectivity index (χ2v) is 7.01. The van der Waals surface area contributed by atoms with Crippen LogP contribution in [0.5, 0.6) is 0 Å². The van der Waals surface area contributed by atoms with Gasteiger partial charge in [-0.1, -0.05) is 27.7 Å². The lowest BCUT2D eigenvalue weighted by Crippen LogP contribution is -2.35. The first-order valence-corrected chi connectivity index (χ1v) is 6.69. The van der Waals surface area contributed by atoms with Gasteiger partial charge in [0, 0.05) is 0 Å². The van der Waals surface area contributed by atoms with Crippen LogP contribution in [0.1, 0.15) is 58.8 Å². The van der Waals surface area contributed by atoms with Crippen molar-refractivity contribution < 1.29 is 0 Å². The van der Waals surface area contributed by atoms with Crippen molar-refractivity contribution >= 4 is 11.6 Å². The second kappa shape index (κ2) is 4.23. The van der Waals surface area contributed by atoms with Crippen molar-refractivity contribution in [3.05, 3.63) is 5.82 Å². The van der Waals surface area contributed by atoms with Gasteiger partial charge >= 0.3 is 0 Å². The first-order valence-electron chi connectivity index (χ1n) is 6.16. The van der Waals surface area contributed by atoms with Crippen LogP contribution in [0.2, 0.25) is 0 Å². The zero-order chi connectivity index (χ0) is 12.7. The van der Waals surface area contributed by atoms with Crippen molar-refractivity contribution in [2.24, 2.45) is 10.8 Å². The van der Waals surface area contributed by atoms with E-state index in [1.165, 1.54) is 6.42 Å². The summed E-state index contributed by atoms with van der Waals surface area (Å²) in [6.45, 7) is 9.30. The monoisotopic (exact) mass is 256 g/mol. The molecule has 4 nitrogen and oxygen atoms in total. The zero-order valence-electron chi connectivity index (χ0n) is 11.1. The Labute approximate surface area is 108 Å². The van der Waals surface area contributed by atoms with E-state index in [4.69, 9.17) is 11.6 Å². The Kier molecular flexibility index (Phi) is 3.19. The summed E-state index contributed by atoms with van der Waals surface area (Å²) < 4.78 is 1.93. The number of halogens is 1. The molecule has 0 N–H and O–H groups in total. The minimum absolute atomic E-state index is 0.335. The van der Waals surface area contributed by atoms with E-state index in [0.29, 0.717) is 22.8 Å². The zero-order valence-corrected chi connectivity index (χ0v) is 11.8. The van der Waals surface area contributed by atoms with Gasteiger partial charge in [-0.2, -0.15) is 0 Å². The predicted molar refractivity (Wildman–Crippen MR) is 67.8 cm³/mol. The molecular formula is C12H21ClN4. The lowest BCUT2D eigenvalue weighted by Gasteiger charge is -2.44. The molecule has 96 valence electrons. The van der Waals surface area contributed by atoms with E-state index in [2.05, 4.69) is 43.2 Å². The maximum atomic E-state index is 5.87. The molecule has 2 rings (SSSR count). The van der Waals surface area contributed by atoms with Crippen LogP contribution in [0.25, 0.3) is 0 Å². The number of alkyl halides is 1. The Morgan fingerprint density at radius 3 is 2.35 bits per heavy atom. The summed E-state index contributed by atoms with van der Waals surface area (Å²) >= 11 is 5.87. The fourth-order valence-corrected chi connectivity index (χ4v) is 3.72. The standard InChI is InChI=1S/C12H21ClN4/c1-11(2)5-9(6-12(3,4)8-11)17-10(7-13)14-15-16-17/h9H,5-8H2,1-4H3. The smallest absolute Gasteiger partial charge is 0.166 e. The molecule has 0 atom stereocenters. The van der Waals surface area contributed by atoms with E-state index in [0.717, 1.165) is 18.7 Å². The van der Waals surface area contributed by atoms with Crippen LogP contribution in [-0.4, -0.2) is 20.2 Å². The Bertz CT molecular complexity index is 381. The minimum atomic E-state index is 0.335. The maximum Gasteiger partial charge on any atom is 0.166 e. The summed E-state index contributed by atoms with van der Waals surface area (Å²) in [5, 5.41) is 11.8. The van der Waals surface area contributed by atoms with Gasteiger partial charge < -0.3 is 0 Å². The third kappa shape index (κ3) is 2.79. The summed E-state index contributed by atoms with van der Waals surface area (Å²) in [5.74, 6) is 1.16. The first-order chi connectivity index (χ1) is 7.83. The van der Waals surface area contributed by atoms with Gasteiger partial charge in [0.15, 0.2) is 5.82 Å². The van der Waals surface area contributed by atoms with E-state index < -0.39 is 0 Å². The largest absolute Gasteiger partial charge is 0.225 e. The number of nitrogens with zero attached hydrogens (tertiary/aromatic N) is 4. The van der Waals surface area contributed by atoms with Crippen LogP contribution in [0, 0.1) is 10.8 Å². The first kappa shape index (κ1) is 12.8. The van der Waals surface area contributed by atoms with Crippen molar-refractivity contribution in [1.82, 2.24) is 20.2 Å². The van der Waals surface area contributed by atoms with Gasteiger partial charge in [-0.05, 0) is 40.5 Å². The van der Waals surface area contributed by atoms with Crippen LogP contribution in [0.3, 0.4) is 0 Å². The van der Waals surface area contributed by atoms with Gasteiger partial charge in [0.05, 0.1) is 11.9 Å². The van der Waals surface area contributed by atoms with Crippen LogP contribution in [0.15, 0.2) is 0 Å². The SMILES string of the molecule is CC1(C)CC(n2nnnc2CCl)CC(C)(C)C1. The van der Waals surface area contributed by atoms with E-state index in [1.54, 1.807) is 0 Å². The molecule has 1 saturated carbocycles. The Morgan fingerprint density at radius 1 is 1.24 bits per heavy atom. The molecular weight excluding hydrogens is 236 g/mol. The molecule has 1 fully saturated rings. The van der Waals surface area contributed by atoms with Gasteiger partial charge in [0.1, 0.15) is 0 Å². The van der Waals surface area contributed by atoms with Gasteiger partial charge in [0.25, 0.3) is 0 Å². The van der Waals surface area contributed by atoms with E-state index >= 15 is 0 Å². The number of tetrazole rings is 1. The summed E-state index contributed by atoms with van der Waals surface area (Å²) in [7, 11) is 0. The van der Waals surface area contributed by atoms with Gasteiger partial charge in [0.2, 0.25) is 0 Å². The normalized spacial score (nSPS) is 23.8. The molecule has 5 heteroatoms. The average Bonchev–Trinajstić information content (AvgIpc) is 2.59. The van der Waals surface area contributed by atoms with Crippen molar-refractivity contribution in [3.8, 4) is 0 Å². The Hall–Kier alpha value is -0.640. The van der Waals surface area contributed by atoms with E-state index in [-0.39, 0.29) is 0 Å². The van der Waals surface area contributed by atoms with Gasteiger partial charge in [-0.25, -0.2) is 4.68 Å². The topological polar surface area (TPSA) is 43.6 Å².